The molecule has 0 bridgehead atoms. The van der Waals surface area contributed by atoms with Gasteiger partial charge in [0.2, 0.25) is 0 Å². The summed E-state index contributed by atoms with van der Waals surface area (Å²) in [7, 11) is 0. The van der Waals surface area contributed by atoms with E-state index in [1.165, 1.54) is 51.1 Å². The topological polar surface area (TPSA) is 15.3 Å². The quantitative estimate of drug-likeness (QED) is 0.834. The minimum atomic E-state index is 0.776. The van der Waals surface area contributed by atoms with E-state index in [-0.39, 0.29) is 0 Å². The molecular weight excluding hydrogens is 252 g/mol. The lowest BCUT2D eigenvalue weighted by Gasteiger charge is -2.41. The molecule has 0 aromatic carbocycles. The SMILES string of the molecule is CCNC1CCC(CC)CC1CN1CCSC(C)C1. The van der Waals surface area contributed by atoms with Gasteiger partial charge in [-0.25, -0.2) is 0 Å². The molecule has 1 saturated heterocycles. The lowest BCUT2D eigenvalue weighted by Crippen LogP contribution is -2.48. The summed E-state index contributed by atoms with van der Waals surface area (Å²) in [4.78, 5) is 2.73. The van der Waals surface area contributed by atoms with E-state index in [0.717, 1.165) is 29.7 Å². The molecule has 0 amide bonds. The first-order valence-corrected chi connectivity index (χ1v) is 9.35. The van der Waals surface area contributed by atoms with Crippen LogP contribution in [0.4, 0.5) is 0 Å². The summed E-state index contributed by atoms with van der Waals surface area (Å²) in [5.74, 6) is 3.20. The third-order valence-electron chi connectivity index (χ3n) is 4.95. The van der Waals surface area contributed by atoms with Crippen molar-refractivity contribution in [1.29, 1.82) is 0 Å². The van der Waals surface area contributed by atoms with E-state index >= 15 is 0 Å². The van der Waals surface area contributed by atoms with Gasteiger partial charge in [0.15, 0.2) is 0 Å². The van der Waals surface area contributed by atoms with Gasteiger partial charge in [0.1, 0.15) is 0 Å². The highest BCUT2D eigenvalue weighted by Crippen LogP contribution is 2.32. The second kappa shape index (κ2) is 7.90. The van der Waals surface area contributed by atoms with E-state index < -0.39 is 0 Å². The minimum absolute atomic E-state index is 0.776. The maximum absolute atomic E-state index is 3.75. The van der Waals surface area contributed by atoms with Crippen molar-refractivity contribution in [2.24, 2.45) is 11.8 Å². The molecule has 2 rings (SSSR count). The molecule has 1 aliphatic heterocycles. The van der Waals surface area contributed by atoms with Gasteiger partial charge in [-0.15, -0.1) is 0 Å². The Morgan fingerprint density at radius 2 is 2.11 bits per heavy atom. The first kappa shape index (κ1) is 15.7. The summed E-state index contributed by atoms with van der Waals surface area (Å²) >= 11 is 2.14. The van der Waals surface area contributed by atoms with Crippen molar-refractivity contribution in [2.45, 2.75) is 57.7 Å². The van der Waals surface area contributed by atoms with Gasteiger partial charge >= 0.3 is 0 Å². The predicted molar refractivity (Wildman–Crippen MR) is 86.9 cm³/mol. The molecule has 1 N–H and O–H groups in total. The van der Waals surface area contributed by atoms with Crippen molar-refractivity contribution in [3.05, 3.63) is 0 Å². The molecule has 1 saturated carbocycles. The minimum Gasteiger partial charge on any atom is -0.314 e. The van der Waals surface area contributed by atoms with Crippen LogP contribution in [0.2, 0.25) is 0 Å². The Bertz CT molecular complexity index is 259. The van der Waals surface area contributed by atoms with Gasteiger partial charge < -0.3 is 10.2 Å². The smallest absolute Gasteiger partial charge is 0.0147 e. The highest BCUT2D eigenvalue weighted by Gasteiger charge is 2.31. The fourth-order valence-electron chi connectivity index (χ4n) is 3.85. The van der Waals surface area contributed by atoms with Crippen molar-refractivity contribution in [3.8, 4) is 0 Å². The number of hydrogen-bond acceptors (Lipinski definition) is 3. The average molecular weight is 285 g/mol. The molecule has 1 heterocycles. The molecule has 1 aliphatic carbocycles. The highest BCUT2D eigenvalue weighted by molar-refractivity contribution is 7.99. The van der Waals surface area contributed by atoms with Gasteiger partial charge in [-0.1, -0.05) is 27.2 Å². The first-order valence-electron chi connectivity index (χ1n) is 8.30. The molecule has 2 fully saturated rings. The van der Waals surface area contributed by atoms with Gasteiger partial charge in [-0.05, 0) is 37.6 Å². The number of nitrogens with zero attached hydrogens (tertiary/aromatic N) is 1. The summed E-state index contributed by atoms with van der Waals surface area (Å²) in [6.45, 7) is 12.1. The number of nitrogens with one attached hydrogen (secondary N) is 1. The Morgan fingerprint density at radius 1 is 1.26 bits per heavy atom. The van der Waals surface area contributed by atoms with Crippen LogP contribution in [0.1, 0.15) is 46.5 Å². The van der Waals surface area contributed by atoms with Crippen molar-refractivity contribution >= 4 is 11.8 Å². The largest absolute Gasteiger partial charge is 0.314 e. The van der Waals surface area contributed by atoms with Crippen molar-refractivity contribution in [1.82, 2.24) is 10.2 Å². The van der Waals surface area contributed by atoms with Crippen LogP contribution in [0.3, 0.4) is 0 Å². The van der Waals surface area contributed by atoms with Crippen LogP contribution >= 0.6 is 11.8 Å². The second-order valence-electron chi connectivity index (χ2n) is 6.45. The molecular formula is C16H32N2S. The van der Waals surface area contributed by atoms with E-state index in [9.17, 15) is 0 Å². The van der Waals surface area contributed by atoms with Gasteiger partial charge in [-0.2, -0.15) is 11.8 Å². The molecule has 112 valence electrons. The third kappa shape index (κ3) is 4.64. The highest BCUT2D eigenvalue weighted by atomic mass is 32.2. The maximum Gasteiger partial charge on any atom is 0.0147 e. The van der Waals surface area contributed by atoms with Gasteiger partial charge in [-0.3, -0.25) is 0 Å². The lowest BCUT2D eigenvalue weighted by molar-refractivity contribution is 0.141. The molecule has 0 spiro atoms. The summed E-state index contributed by atoms with van der Waals surface area (Å²) in [6, 6.07) is 0.776. The number of rotatable bonds is 5. The Balaban J connectivity index is 1.88. The fourth-order valence-corrected chi connectivity index (χ4v) is 4.93. The summed E-state index contributed by atoms with van der Waals surface area (Å²) < 4.78 is 0. The van der Waals surface area contributed by atoms with Crippen LogP contribution in [-0.2, 0) is 0 Å². The van der Waals surface area contributed by atoms with Crippen molar-refractivity contribution in [2.75, 3.05) is 31.9 Å². The van der Waals surface area contributed by atoms with E-state index in [1.807, 2.05) is 0 Å². The fraction of sp³-hybridized carbons (Fsp3) is 1.00. The average Bonchev–Trinajstić information content (AvgIpc) is 2.41. The van der Waals surface area contributed by atoms with Crippen molar-refractivity contribution < 1.29 is 0 Å². The van der Waals surface area contributed by atoms with E-state index in [0.29, 0.717) is 0 Å². The van der Waals surface area contributed by atoms with Crippen LogP contribution in [0.25, 0.3) is 0 Å². The van der Waals surface area contributed by atoms with Gasteiger partial charge in [0, 0.05) is 36.7 Å². The molecule has 4 atom stereocenters. The predicted octanol–water partition coefficient (Wildman–Crippen LogP) is 3.23. The van der Waals surface area contributed by atoms with Crippen LogP contribution in [0.5, 0.6) is 0 Å². The Labute approximate surface area is 124 Å². The van der Waals surface area contributed by atoms with Crippen LogP contribution in [-0.4, -0.2) is 48.1 Å². The molecule has 2 aliphatic rings. The molecule has 0 aromatic rings. The number of thioether (sulfide) groups is 1. The molecule has 2 nitrogen and oxygen atoms in total. The summed E-state index contributed by atoms with van der Waals surface area (Å²) in [5, 5.41) is 4.58. The summed E-state index contributed by atoms with van der Waals surface area (Å²) in [5.41, 5.74) is 0. The lowest BCUT2D eigenvalue weighted by atomic mass is 9.76. The van der Waals surface area contributed by atoms with Crippen LogP contribution < -0.4 is 5.32 Å². The van der Waals surface area contributed by atoms with Crippen LogP contribution in [0.15, 0.2) is 0 Å². The molecule has 0 radical (unpaired) electrons. The summed E-state index contributed by atoms with van der Waals surface area (Å²) in [6.07, 6.45) is 5.67. The molecule has 4 unspecified atom stereocenters. The van der Waals surface area contributed by atoms with Gasteiger partial charge in [0.05, 0.1) is 0 Å². The zero-order valence-electron chi connectivity index (χ0n) is 13.0. The Kier molecular flexibility index (Phi) is 6.51. The Hall–Kier alpha value is 0.270. The van der Waals surface area contributed by atoms with E-state index in [2.05, 4.69) is 42.7 Å². The standard InChI is InChI=1S/C16H32N2S/c1-4-14-6-7-16(17-5-2)15(10-14)12-18-8-9-19-13(3)11-18/h13-17H,4-12H2,1-3H3. The zero-order chi connectivity index (χ0) is 13.7. The van der Waals surface area contributed by atoms with Gasteiger partial charge in [0.25, 0.3) is 0 Å². The van der Waals surface area contributed by atoms with Crippen LogP contribution in [0, 0.1) is 11.8 Å². The van der Waals surface area contributed by atoms with E-state index in [4.69, 9.17) is 0 Å². The molecule has 0 aromatic heterocycles. The third-order valence-corrected chi connectivity index (χ3v) is 6.09. The zero-order valence-corrected chi connectivity index (χ0v) is 13.8. The Morgan fingerprint density at radius 3 is 2.79 bits per heavy atom. The van der Waals surface area contributed by atoms with E-state index in [1.54, 1.807) is 0 Å². The second-order valence-corrected chi connectivity index (χ2v) is 8.00. The molecule has 19 heavy (non-hydrogen) atoms. The number of hydrogen-bond donors (Lipinski definition) is 1. The first-order chi connectivity index (χ1) is 9.22. The van der Waals surface area contributed by atoms with Crippen molar-refractivity contribution in [3.63, 3.8) is 0 Å². The molecule has 3 heteroatoms. The maximum atomic E-state index is 3.75. The normalized spacial score (nSPS) is 37.4. The monoisotopic (exact) mass is 284 g/mol.